The van der Waals surface area contributed by atoms with Gasteiger partial charge in [0.05, 0.1) is 20.7 Å². The Morgan fingerprint density at radius 1 is 1.03 bits per heavy atom. The zero-order valence-electron chi connectivity index (χ0n) is 16.6. The zero-order chi connectivity index (χ0) is 22.3. The molecule has 0 aliphatic heterocycles. The van der Waals surface area contributed by atoms with Crippen LogP contribution in [0.1, 0.15) is 6.92 Å². The molecular weight excluding hydrogens is 459 g/mol. The van der Waals surface area contributed by atoms with Crippen LogP contribution in [0.4, 0.5) is 0 Å². The first-order valence-electron chi connectivity index (χ1n) is 9.38. The van der Waals surface area contributed by atoms with E-state index >= 15 is 0 Å². The second-order valence-electron chi connectivity index (χ2n) is 6.96. The predicted molar refractivity (Wildman–Crippen MR) is 123 cm³/mol. The minimum atomic E-state index is -3.45. The number of aryl methyl sites for hydroxylation is 1. The van der Waals surface area contributed by atoms with Gasteiger partial charge in [0.25, 0.3) is 5.56 Å². The number of rotatable bonds is 5. The second-order valence-corrected chi connectivity index (χ2v) is 10.1. The monoisotopic (exact) mass is 476 g/mol. The topological polar surface area (TPSA) is 81.2 Å². The van der Waals surface area contributed by atoms with Crippen molar-refractivity contribution in [3.05, 3.63) is 75.3 Å². The predicted octanol–water partition coefficient (Wildman–Crippen LogP) is 5.43. The van der Waals surface area contributed by atoms with Gasteiger partial charge < -0.3 is 14.3 Å². The van der Waals surface area contributed by atoms with Crippen molar-refractivity contribution in [1.82, 2.24) is 9.55 Å². The van der Waals surface area contributed by atoms with Gasteiger partial charge in [0.2, 0.25) is 0 Å². The van der Waals surface area contributed by atoms with Crippen molar-refractivity contribution in [3.63, 3.8) is 0 Å². The molecule has 0 aliphatic carbocycles. The fraction of sp³-hybridized carbons (Fsp3) is 0.136. The highest BCUT2D eigenvalue weighted by atomic mass is 35.5. The van der Waals surface area contributed by atoms with Gasteiger partial charge in [-0.2, -0.15) is 0 Å². The Morgan fingerprint density at radius 3 is 2.52 bits per heavy atom. The Kier molecular flexibility index (Phi) is 5.60. The number of nitrogens with one attached hydrogen (secondary N) is 1. The van der Waals surface area contributed by atoms with Crippen molar-refractivity contribution < 1.29 is 13.2 Å². The van der Waals surface area contributed by atoms with E-state index in [1.807, 2.05) is 0 Å². The maximum atomic E-state index is 12.5. The summed E-state index contributed by atoms with van der Waals surface area (Å²) in [5.74, 6) is 0.829. The van der Waals surface area contributed by atoms with Crippen LogP contribution >= 0.6 is 23.2 Å². The number of benzene rings is 2. The summed E-state index contributed by atoms with van der Waals surface area (Å²) in [6.45, 7) is 1.59. The minimum absolute atomic E-state index is 0.0331. The fourth-order valence-corrected chi connectivity index (χ4v) is 4.61. The molecule has 9 heteroatoms. The Balaban J connectivity index is 1.96. The molecule has 4 aromatic rings. The molecule has 0 fully saturated rings. The lowest BCUT2D eigenvalue weighted by Gasteiger charge is -2.13. The molecule has 6 nitrogen and oxygen atoms in total. The molecule has 0 bridgehead atoms. The van der Waals surface area contributed by atoms with Crippen LogP contribution in [-0.4, -0.2) is 23.7 Å². The van der Waals surface area contributed by atoms with Crippen LogP contribution in [0.2, 0.25) is 10.0 Å². The molecule has 0 saturated carbocycles. The first-order valence-corrected chi connectivity index (χ1v) is 11.8. The van der Waals surface area contributed by atoms with E-state index in [0.717, 1.165) is 0 Å². The van der Waals surface area contributed by atoms with Gasteiger partial charge >= 0.3 is 0 Å². The number of H-pyrrole nitrogens is 1. The number of nitrogens with zero attached hydrogens (tertiary/aromatic N) is 1. The summed E-state index contributed by atoms with van der Waals surface area (Å²) >= 11 is 12.1. The largest absolute Gasteiger partial charge is 0.457 e. The van der Waals surface area contributed by atoms with E-state index in [1.54, 1.807) is 67.3 Å². The van der Waals surface area contributed by atoms with E-state index in [1.165, 1.54) is 6.07 Å². The number of pyridine rings is 1. The summed E-state index contributed by atoms with van der Waals surface area (Å²) in [5, 5.41) is 1.41. The SMILES string of the molecule is CCS(=O)(=O)c1ccc(Oc2ccc(Cl)c(Cl)c2)c(-c2cn(C)c3c(=O)[nH]ccc23)c1. The maximum absolute atomic E-state index is 12.5. The summed E-state index contributed by atoms with van der Waals surface area (Å²) in [5.41, 5.74) is 1.45. The van der Waals surface area contributed by atoms with Crippen LogP contribution in [0.5, 0.6) is 11.5 Å². The van der Waals surface area contributed by atoms with Crippen molar-refractivity contribution in [2.45, 2.75) is 11.8 Å². The van der Waals surface area contributed by atoms with Gasteiger partial charge in [0, 0.05) is 42.0 Å². The first-order chi connectivity index (χ1) is 14.7. The molecule has 2 heterocycles. The lowest BCUT2D eigenvalue weighted by Crippen LogP contribution is -2.07. The second kappa shape index (κ2) is 8.07. The van der Waals surface area contributed by atoms with Crippen LogP contribution in [0, 0.1) is 0 Å². The molecule has 2 aromatic heterocycles. The lowest BCUT2D eigenvalue weighted by molar-refractivity contribution is 0.484. The van der Waals surface area contributed by atoms with Gasteiger partial charge in [-0.25, -0.2) is 8.42 Å². The maximum Gasteiger partial charge on any atom is 0.272 e. The number of ether oxygens (including phenoxy) is 1. The Hall–Kier alpha value is -2.74. The molecular formula is C22H18Cl2N2O4S. The summed E-state index contributed by atoms with van der Waals surface area (Å²) in [6, 6.07) is 11.3. The van der Waals surface area contributed by atoms with Crippen molar-refractivity contribution in [2.24, 2.45) is 7.05 Å². The summed E-state index contributed by atoms with van der Waals surface area (Å²) < 4.78 is 32.8. The molecule has 1 N–H and O–H groups in total. The third-order valence-electron chi connectivity index (χ3n) is 5.00. The molecule has 0 amide bonds. The van der Waals surface area contributed by atoms with Crippen LogP contribution in [0.15, 0.2) is 64.5 Å². The van der Waals surface area contributed by atoms with Crippen molar-refractivity contribution in [3.8, 4) is 22.6 Å². The van der Waals surface area contributed by atoms with E-state index in [9.17, 15) is 13.2 Å². The Morgan fingerprint density at radius 2 is 1.81 bits per heavy atom. The van der Waals surface area contributed by atoms with E-state index in [2.05, 4.69) is 4.98 Å². The molecule has 4 rings (SSSR count). The van der Waals surface area contributed by atoms with Gasteiger partial charge in [-0.3, -0.25) is 4.79 Å². The number of aromatic amines is 1. The summed E-state index contributed by atoms with van der Waals surface area (Å²) in [6.07, 6.45) is 3.33. The highest BCUT2D eigenvalue weighted by Gasteiger charge is 2.20. The van der Waals surface area contributed by atoms with Crippen LogP contribution in [0.3, 0.4) is 0 Å². The molecule has 0 atom stereocenters. The average Bonchev–Trinajstić information content (AvgIpc) is 3.08. The quantitative estimate of drug-likeness (QED) is 0.416. The number of aromatic nitrogens is 2. The Labute approximate surface area is 188 Å². The molecule has 2 aromatic carbocycles. The number of sulfone groups is 1. The smallest absolute Gasteiger partial charge is 0.272 e. The van der Waals surface area contributed by atoms with Crippen molar-refractivity contribution in [1.29, 1.82) is 0 Å². The van der Waals surface area contributed by atoms with E-state index in [-0.39, 0.29) is 16.2 Å². The van der Waals surface area contributed by atoms with Gasteiger partial charge in [-0.05, 0) is 36.4 Å². The fourth-order valence-electron chi connectivity index (χ4n) is 3.42. The third-order valence-corrected chi connectivity index (χ3v) is 7.47. The number of hydrogen-bond donors (Lipinski definition) is 1. The molecule has 0 spiro atoms. The van der Waals surface area contributed by atoms with Crippen molar-refractivity contribution >= 4 is 43.9 Å². The summed E-state index contributed by atoms with van der Waals surface area (Å²) in [7, 11) is -1.70. The van der Waals surface area contributed by atoms with Gasteiger partial charge in [0.1, 0.15) is 17.0 Å². The first kappa shape index (κ1) is 21.5. The van der Waals surface area contributed by atoms with Crippen molar-refractivity contribution in [2.75, 3.05) is 5.75 Å². The zero-order valence-corrected chi connectivity index (χ0v) is 19.0. The third kappa shape index (κ3) is 3.96. The Bertz CT molecular complexity index is 1470. The van der Waals surface area contributed by atoms with Gasteiger partial charge in [-0.15, -0.1) is 0 Å². The standard InChI is InChI=1S/C22H18Cl2N2O4S/c1-3-31(28,29)14-5-7-20(30-13-4-6-18(23)19(24)10-13)16(11-14)17-12-26(2)21-15(17)8-9-25-22(21)27/h4-12H,3H2,1-2H3,(H,25,27). The molecule has 31 heavy (non-hydrogen) atoms. The average molecular weight is 477 g/mol. The summed E-state index contributed by atoms with van der Waals surface area (Å²) in [4.78, 5) is 15.2. The van der Waals surface area contributed by atoms with Crippen LogP contribution < -0.4 is 10.3 Å². The van der Waals surface area contributed by atoms with E-state index in [0.29, 0.717) is 43.6 Å². The van der Waals surface area contributed by atoms with Crippen LogP contribution in [-0.2, 0) is 16.9 Å². The van der Waals surface area contributed by atoms with E-state index in [4.69, 9.17) is 27.9 Å². The molecule has 0 radical (unpaired) electrons. The highest BCUT2D eigenvalue weighted by molar-refractivity contribution is 7.91. The number of halogens is 2. The van der Waals surface area contributed by atoms with Gasteiger partial charge in [-0.1, -0.05) is 30.1 Å². The van der Waals surface area contributed by atoms with Gasteiger partial charge in [0.15, 0.2) is 9.84 Å². The molecule has 160 valence electrons. The van der Waals surface area contributed by atoms with E-state index < -0.39 is 9.84 Å². The number of fused-ring (bicyclic) bond motifs is 1. The normalized spacial score (nSPS) is 11.7. The molecule has 0 unspecified atom stereocenters. The molecule has 0 aliphatic rings. The van der Waals surface area contributed by atoms with Crippen LogP contribution in [0.25, 0.3) is 22.0 Å². The highest BCUT2D eigenvalue weighted by Crippen LogP contribution is 2.40. The molecule has 0 saturated heterocycles. The number of hydrogen-bond acceptors (Lipinski definition) is 4. The lowest BCUT2D eigenvalue weighted by atomic mass is 10.0. The minimum Gasteiger partial charge on any atom is -0.457 e.